The molecule has 7 heavy (non-hydrogen) atoms. The fourth-order valence-electron chi connectivity index (χ4n) is 0.526. The van der Waals surface area contributed by atoms with Gasteiger partial charge in [0.2, 0.25) is 0 Å². The lowest BCUT2D eigenvalue weighted by atomic mass is 10.3. The standard InChI is InChI=1S/C5H10.C2H6/c1-2-5-3-4-5;1-2/h5H,2-4H2,1H3;1-2H3. The van der Waals surface area contributed by atoms with Crippen LogP contribution in [0.4, 0.5) is 0 Å². The van der Waals surface area contributed by atoms with Crippen LogP contribution in [0.3, 0.4) is 0 Å². The second-order valence-electron chi connectivity index (χ2n) is 1.85. The Hall–Kier alpha value is 0. The molecular weight excluding hydrogens is 84.1 g/mol. The van der Waals surface area contributed by atoms with Crippen LogP contribution in [0.5, 0.6) is 0 Å². The van der Waals surface area contributed by atoms with Gasteiger partial charge in [0.25, 0.3) is 0 Å². The second kappa shape index (κ2) is 4.17. The SMILES string of the molecule is CC.CCC1CC1. The van der Waals surface area contributed by atoms with Crippen molar-refractivity contribution in [2.75, 3.05) is 0 Å². The molecule has 0 N–H and O–H groups in total. The molecule has 0 amide bonds. The molecule has 0 aromatic heterocycles. The summed E-state index contributed by atoms with van der Waals surface area (Å²) in [6.45, 7) is 6.26. The van der Waals surface area contributed by atoms with Crippen LogP contribution in [0.15, 0.2) is 0 Å². The summed E-state index contributed by atoms with van der Waals surface area (Å²) < 4.78 is 0. The Kier molecular flexibility index (Phi) is 4.17. The Morgan fingerprint density at radius 3 is 1.71 bits per heavy atom. The van der Waals surface area contributed by atoms with Crippen molar-refractivity contribution in [2.45, 2.75) is 40.0 Å². The molecule has 1 rings (SSSR count). The predicted molar refractivity (Wildman–Crippen MR) is 34.4 cm³/mol. The number of hydrogen-bond donors (Lipinski definition) is 0. The van der Waals surface area contributed by atoms with Crippen LogP contribution in [0.25, 0.3) is 0 Å². The van der Waals surface area contributed by atoms with Gasteiger partial charge in [-0.2, -0.15) is 0 Å². The number of rotatable bonds is 1. The van der Waals surface area contributed by atoms with E-state index in [1.807, 2.05) is 13.8 Å². The molecule has 0 unspecified atom stereocenters. The first-order chi connectivity index (χ1) is 3.43. The zero-order chi connectivity index (χ0) is 5.70. The lowest BCUT2D eigenvalue weighted by molar-refractivity contribution is 0.799. The highest BCUT2D eigenvalue weighted by molar-refractivity contribution is 4.69. The third-order valence-electron chi connectivity index (χ3n) is 1.27. The Morgan fingerprint density at radius 1 is 1.29 bits per heavy atom. The first-order valence-corrected chi connectivity index (χ1v) is 3.43. The smallest absolute Gasteiger partial charge is 0.0417 e. The molecule has 0 nitrogen and oxygen atoms in total. The maximum Gasteiger partial charge on any atom is -0.0417 e. The average molecular weight is 100 g/mol. The monoisotopic (exact) mass is 100 g/mol. The summed E-state index contributed by atoms with van der Waals surface area (Å²) in [5.74, 6) is 1.13. The largest absolute Gasteiger partial charge is 0.0683 e. The van der Waals surface area contributed by atoms with Gasteiger partial charge in [-0.1, -0.05) is 40.0 Å². The quantitative estimate of drug-likeness (QED) is 0.475. The molecule has 0 bridgehead atoms. The van der Waals surface area contributed by atoms with Gasteiger partial charge in [0.15, 0.2) is 0 Å². The minimum absolute atomic E-state index is 1.13. The van der Waals surface area contributed by atoms with Gasteiger partial charge in [0, 0.05) is 0 Å². The fourth-order valence-corrected chi connectivity index (χ4v) is 0.526. The molecule has 1 aliphatic carbocycles. The van der Waals surface area contributed by atoms with Crippen LogP contribution in [0.2, 0.25) is 0 Å². The van der Waals surface area contributed by atoms with Crippen LogP contribution < -0.4 is 0 Å². The molecule has 0 heterocycles. The van der Waals surface area contributed by atoms with E-state index in [4.69, 9.17) is 0 Å². The molecule has 0 aromatic rings. The zero-order valence-electron chi connectivity index (χ0n) is 5.70. The Balaban J connectivity index is 0.000000162. The van der Waals surface area contributed by atoms with Crippen LogP contribution >= 0.6 is 0 Å². The first kappa shape index (κ1) is 7.00. The van der Waals surface area contributed by atoms with Gasteiger partial charge in [-0.25, -0.2) is 0 Å². The van der Waals surface area contributed by atoms with Gasteiger partial charge in [-0.05, 0) is 5.92 Å². The summed E-state index contributed by atoms with van der Waals surface area (Å²) in [6.07, 6.45) is 4.44. The van der Waals surface area contributed by atoms with Gasteiger partial charge in [0.05, 0.1) is 0 Å². The van der Waals surface area contributed by atoms with Crippen molar-refractivity contribution in [2.24, 2.45) is 5.92 Å². The lowest BCUT2D eigenvalue weighted by Gasteiger charge is -1.72. The van der Waals surface area contributed by atoms with E-state index in [0.717, 1.165) is 5.92 Å². The summed E-state index contributed by atoms with van der Waals surface area (Å²) in [6, 6.07) is 0. The van der Waals surface area contributed by atoms with E-state index in [9.17, 15) is 0 Å². The summed E-state index contributed by atoms with van der Waals surface area (Å²) in [7, 11) is 0. The van der Waals surface area contributed by atoms with Gasteiger partial charge < -0.3 is 0 Å². The van der Waals surface area contributed by atoms with Crippen LogP contribution in [0.1, 0.15) is 40.0 Å². The minimum Gasteiger partial charge on any atom is -0.0683 e. The summed E-state index contributed by atoms with van der Waals surface area (Å²) in [4.78, 5) is 0. The van der Waals surface area contributed by atoms with E-state index in [1.54, 1.807) is 0 Å². The second-order valence-corrected chi connectivity index (χ2v) is 1.85. The fraction of sp³-hybridized carbons (Fsp3) is 1.00. The molecule has 1 aliphatic rings. The van der Waals surface area contributed by atoms with E-state index < -0.39 is 0 Å². The first-order valence-electron chi connectivity index (χ1n) is 3.43. The van der Waals surface area contributed by atoms with Crippen LogP contribution in [-0.4, -0.2) is 0 Å². The molecule has 44 valence electrons. The highest BCUT2D eigenvalue weighted by Gasteiger charge is 2.17. The Bertz CT molecular complexity index is 27.0. The number of hydrogen-bond acceptors (Lipinski definition) is 0. The molecule has 0 heteroatoms. The Labute approximate surface area is 46.9 Å². The maximum absolute atomic E-state index is 2.26. The highest BCUT2D eigenvalue weighted by Crippen LogP contribution is 2.31. The topological polar surface area (TPSA) is 0 Å². The maximum atomic E-state index is 2.26. The van der Waals surface area contributed by atoms with Gasteiger partial charge >= 0.3 is 0 Å². The third-order valence-corrected chi connectivity index (χ3v) is 1.27. The molecule has 1 fully saturated rings. The molecule has 0 radical (unpaired) electrons. The van der Waals surface area contributed by atoms with Gasteiger partial charge in [0.1, 0.15) is 0 Å². The normalized spacial score (nSPS) is 17.6. The van der Waals surface area contributed by atoms with E-state index in [1.165, 1.54) is 19.3 Å². The summed E-state index contributed by atoms with van der Waals surface area (Å²) >= 11 is 0. The summed E-state index contributed by atoms with van der Waals surface area (Å²) in [5.41, 5.74) is 0. The third kappa shape index (κ3) is 3.84. The predicted octanol–water partition coefficient (Wildman–Crippen LogP) is 2.83. The van der Waals surface area contributed by atoms with Crippen LogP contribution in [0, 0.1) is 5.92 Å². The van der Waals surface area contributed by atoms with E-state index in [-0.39, 0.29) is 0 Å². The summed E-state index contributed by atoms with van der Waals surface area (Å²) in [5, 5.41) is 0. The molecule has 0 spiro atoms. The van der Waals surface area contributed by atoms with E-state index in [2.05, 4.69) is 6.92 Å². The Morgan fingerprint density at radius 2 is 1.71 bits per heavy atom. The van der Waals surface area contributed by atoms with Crippen molar-refractivity contribution in [3.63, 3.8) is 0 Å². The minimum atomic E-state index is 1.13. The molecular formula is C7H16. The van der Waals surface area contributed by atoms with E-state index >= 15 is 0 Å². The molecule has 1 saturated carbocycles. The van der Waals surface area contributed by atoms with Crippen molar-refractivity contribution in [1.29, 1.82) is 0 Å². The molecule has 0 atom stereocenters. The molecule has 0 saturated heterocycles. The average Bonchev–Trinajstić information content (AvgIpc) is 2.52. The highest BCUT2D eigenvalue weighted by atomic mass is 14.2. The van der Waals surface area contributed by atoms with E-state index in [0.29, 0.717) is 0 Å². The van der Waals surface area contributed by atoms with Crippen LogP contribution in [-0.2, 0) is 0 Å². The van der Waals surface area contributed by atoms with Crippen molar-refractivity contribution in [3.8, 4) is 0 Å². The lowest BCUT2D eigenvalue weighted by Crippen LogP contribution is -1.59. The zero-order valence-corrected chi connectivity index (χ0v) is 5.70. The van der Waals surface area contributed by atoms with Crippen molar-refractivity contribution >= 4 is 0 Å². The van der Waals surface area contributed by atoms with Gasteiger partial charge in [-0.15, -0.1) is 0 Å². The van der Waals surface area contributed by atoms with Crippen molar-refractivity contribution < 1.29 is 0 Å². The van der Waals surface area contributed by atoms with Crippen molar-refractivity contribution in [1.82, 2.24) is 0 Å². The molecule has 0 aliphatic heterocycles. The molecule has 0 aromatic carbocycles. The van der Waals surface area contributed by atoms with Crippen molar-refractivity contribution in [3.05, 3.63) is 0 Å². The van der Waals surface area contributed by atoms with Gasteiger partial charge in [-0.3, -0.25) is 0 Å².